The lowest BCUT2D eigenvalue weighted by Crippen LogP contribution is -2.15. The first-order valence-electron chi connectivity index (χ1n) is 7.97. The van der Waals surface area contributed by atoms with Gasteiger partial charge in [-0.25, -0.2) is 9.37 Å². The molecule has 0 radical (unpaired) electrons. The number of para-hydroxylation sites is 1. The topological polar surface area (TPSA) is 46.9 Å². The van der Waals surface area contributed by atoms with Gasteiger partial charge in [-0.1, -0.05) is 43.0 Å². The van der Waals surface area contributed by atoms with E-state index in [1.165, 1.54) is 23.9 Å². The predicted octanol–water partition coefficient (Wildman–Crippen LogP) is 4.30. The Morgan fingerprint density at radius 1 is 1.24 bits per heavy atom. The van der Waals surface area contributed by atoms with Crippen LogP contribution in [0.15, 0.2) is 66.1 Å². The van der Waals surface area contributed by atoms with Crippen molar-refractivity contribution < 1.29 is 9.18 Å². The van der Waals surface area contributed by atoms with Crippen LogP contribution in [0.2, 0.25) is 0 Å². The first-order chi connectivity index (χ1) is 12.2. The van der Waals surface area contributed by atoms with E-state index in [9.17, 15) is 9.18 Å². The van der Waals surface area contributed by atoms with E-state index in [1.807, 2.05) is 24.3 Å². The maximum Gasteiger partial charge on any atom is 0.234 e. The number of hydrogen-bond acceptors (Lipinski definition) is 3. The van der Waals surface area contributed by atoms with Crippen LogP contribution >= 0.6 is 11.8 Å². The van der Waals surface area contributed by atoms with Crippen LogP contribution in [0.5, 0.6) is 0 Å². The molecule has 1 heterocycles. The second kappa shape index (κ2) is 7.98. The second-order valence-corrected chi connectivity index (χ2v) is 6.35. The molecule has 4 nitrogen and oxygen atoms in total. The molecule has 6 heteroatoms. The third-order valence-electron chi connectivity index (χ3n) is 3.70. The van der Waals surface area contributed by atoms with Crippen molar-refractivity contribution in [3.63, 3.8) is 0 Å². The molecule has 0 fully saturated rings. The van der Waals surface area contributed by atoms with Crippen LogP contribution in [0, 0.1) is 5.82 Å². The number of anilines is 1. The number of nitrogens with zero attached hydrogens (tertiary/aromatic N) is 2. The van der Waals surface area contributed by atoms with Crippen molar-refractivity contribution in [1.82, 2.24) is 9.55 Å². The summed E-state index contributed by atoms with van der Waals surface area (Å²) in [6, 6.07) is 14.0. The number of aryl methyl sites for hydroxylation is 1. The van der Waals surface area contributed by atoms with Gasteiger partial charge < -0.3 is 5.32 Å². The summed E-state index contributed by atoms with van der Waals surface area (Å²) in [6.07, 6.45) is 4.24. The molecule has 0 bridgehead atoms. The third-order valence-corrected chi connectivity index (χ3v) is 4.66. The van der Waals surface area contributed by atoms with Gasteiger partial charge in [-0.05, 0) is 36.2 Å². The number of imidazole rings is 1. The van der Waals surface area contributed by atoms with Gasteiger partial charge in [0.15, 0.2) is 5.16 Å². The molecular weight excluding hydrogens is 337 g/mol. The van der Waals surface area contributed by atoms with E-state index in [0.717, 1.165) is 17.7 Å². The molecule has 1 aromatic heterocycles. The Bertz CT molecular complexity index is 878. The summed E-state index contributed by atoms with van der Waals surface area (Å²) in [7, 11) is 0. The van der Waals surface area contributed by atoms with Gasteiger partial charge in [-0.15, -0.1) is 0 Å². The van der Waals surface area contributed by atoms with Crippen molar-refractivity contribution in [3.8, 4) is 5.69 Å². The Hall–Kier alpha value is -2.60. The molecule has 0 spiro atoms. The summed E-state index contributed by atoms with van der Waals surface area (Å²) in [5.41, 5.74) is 2.61. The van der Waals surface area contributed by atoms with Crippen molar-refractivity contribution in [2.75, 3.05) is 11.1 Å². The number of thioether (sulfide) groups is 1. The monoisotopic (exact) mass is 355 g/mol. The van der Waals surface area contributed by atoms with Gasteiger partial charge in [0.05, 0.1) is 11.4 Å². The highest BCUT2D eigenvalue weighted by Crippen LogP contribution is 2.22. The largest absolute Gasteiger partial charge is 0.325 e. The summed E-state index contributed by atoms with van der Waals surface area (Å²) in [5.74, 6) is -0.180. The number of benzene rings is 2. The quantitative estimate of drug-likeness (QED) is 0.671. The minimum atomic E-state index is -0.309. The first kappa shape index (κ1) is 17.2. The van der Waals surface area contributed by atoms with Gasteiger partial charge in [0.2, 0.25) is 5.91 Å². The average Bonchev–Trinajstić information content (AvgIpc) is 3.09. The highest BCUT2D eigenvalue weighted by Gasteiger charge is 2.11. The number of halogens is 1. The molecule has 0 saturated heterocycles. The van der Waals surface area contributed by atoms with E-state index in [-0.39, 0.29) is 17.5 Å². The first-order valence-corrected chi connectivity index (χ1v) is 8.95. The van der Waals surface area contributed by atoms with Gasteiger partial charge in [0.1, 0.15) is 5.82 Å². The van der Waals surface area contributed by atoms with E-state index >= 15 is 0 Å². The summed E-state index contributed by atoms with van der Waals surface area (Å²) < 4.78 is 15.2. The van der Waals surface area contributed by atoms with Gasteiger partial charge >= 0.3 is 0 Å². The highest BCUT2D eigenvalue weighted by molar-refractivity contribution is 7.99. The molecule has 0 aliphatic rings. The van der Waals surface area contributed by atoms with Crippen molar-refractivity contribution in [1.29, 1.82) is 0 Å². The minimum Gasteiger partial charge on any atom is -0.325 e. The van der Waals surface area contributed by atoms with Crippen molar-refractivity contribution >= 4 is 23.4 Å². The van der Waals surface area contributed by atoms with Crippen LogP contribution in [0.3, 0.4) is 0 Å². The van der Waals surface area contributed by atoms with Crippen molar-refractivity contribution in [2.24, 2.45) is 0 Å². The Kier molecular flexibility index (Phi) is 5.50. The van der Waals surface area contributed by atoms with Crippen LogP contribution < -0.4 is 5.32 Å². The van der Waals surface area contributed by atoms with Gasteiger partial charge in [-0.2, -0.15) is 0 Å². The molecule has 2 aromatic carbocycles. The lowest BCUT2D eigenvalue weighted by atomic mass is 10.1. The maximum atomic E-state index is 13.4. The summed E-state index contributed by atoms with van der Waals surface area (Å²) in [4.78, 5) is 16.5. The number of carbonyl (C=O) groups excluding carboxylic acids is 1. The number of amides is 1. The zero-order valence-electron chi connectivity index (χ0n) is 13.8. The van der Waals surface area contributed by atoms with Crippen molar-refractivity contribution in [2.45, 2.75) is 18.5 Å². The Morgan fingerprint density at radius 3 is 2.88 bits per heavy atom. The Morgan fingerprint density at radius 2 is 2.08 bits per heavy atom. The summed E-state index contributed by atoms with van der Waals surface area (Å²) in [5, 5.41) is 3.58. The number of rotatable bonds is 6. The average molecular weight is 355 g/mol. The molecule has 0 atom stereocenters. The second-order valence-electron chi connectivity index (χ2n) is 5.41. The van der Waals surface area contributed by atoms with Gasteiger partial charge in [-0.3, -0.25) is 9.36 Å². The Labute approximate surface area is 150 Å². The van der Waals surface area contributed by atoms with E-state index in [0.29, 0.717) is 10.8 Å². The normalized spacial score (nSPS) is 10.6. The molecule has 1 amide bonds. The van der Waals surface area contributed by atoms with E-state index in [4.69, 9.17) is 0 Å². The number of nitrogens with one attached hydrogen (secondary N) is 1. The third kappa shape index (κ3) is 4.28. The zero-order valence-corrected chi connectivity index (χ0v) is 14.6. The lowest BCUT2D eigenvalue weighted by molar-refractivity contribution is -0.113. The van der Waals surface area contributed by atoms with Crippen LogP contribution in [0.25, 0.3) is 5.69 Å². The Balaban J connectivity index is 1.66. The molecule has 128 valence electrons. The standard InChI is InChI=1S/C19H18FN3OS/c1-2-14-6-3-4-9-17(14)22-18(24)13-25-19-21-10-11-23(19)16-8-5-7-15(20)12-16/h3-12H,2,13H2,1H3,(H,22,24). The number of aromatic nitrogens is 2. The van der Waals surface area contributed by atoms with Crippen LogP contribution in [0.4, 0.5) is 10.1 Å². The van der Waals surface area contributed by atoms with Crippen molar-refractivity contribution in [3.05, 3.63) is 72.3 Å². The fourth-order valence-corrected chi connectivity index (χ4v) is 3.26. The highest BCUT2D eigenvalue weighted by atomic mass is 32.2. The van der Waals surface area contributed by atoms with E-state index < -0.39 is 0 Å². The predicted molar refractivity (Wildman–Crippen MR) is 98.7 cm³/mol. The molecule has 3 aromatic rings. The molecule has 0 aliphatic heterocycles. The molecule has 1 N–H and O–H groups in total. The molecule has 25 heavy (non-hydrogen) atoms. The van der Waals surface area contributed by atoms with Crippen LogP contribution in [-0.4, -0.2) is 21.2 Å². The molecule has 0 unspecified atom stereocenters. The van der Waals surface area contributed by atoms with Crippen LogP contribution in [0.1, 0.15) is 12.5 Å². The van der Waals surface area contributed by atoms with E-state index in [1.54, 1.807) is 29.1 Å². The summed E-state index contributed by atoms with van der Waals surface area (Å²) >= 11 is 1.31. The van der Waals surface area contributed by atoms with Gasteiger partial charge in [0.25, 0.3) is 0 Å². The molecule has 0 aliphatic carbocycles. The fourth-order valence-electron chi connectivity index (χ4n) is 2.49. The molecule has 3 rings (SSSR count). The van der Waals surface area contributed by atoms with E-state index in [2.05, 4.69) is 17.2 Å². The zero-order chi connectivity index (χ0) is 17.6. The number of carbonyl (C=O) groups is 1. The number of hydrogen-bond donors (Lipinski definition) is 1. The lowest BCUT2D eigenvalue weighted by Gasteiger charge is -2.10. The minimum absolute atomic E-state index is 0.0975. The summed E-state index contributed by atoms with van der Waals surface area (Å²) in [6.45, 7) is 2.05. The van der Waals surface area contributed by atoms with Crippen LogP contribution in [-0.2, 0) is 11.2 Å². The fraction of sp³-hybridized carbons (Fsp3) is 0.158. The molecule has 0 saturated carbocycles. The smallest absolute Gasteiger partial charge is 0.234 e. The van der Waals surface area contributed by atoms with Gasteiger partial charge in [0, 0.05) is 18.1 Å². The molecular formula is C19H18FN3OS. The maximum absolute atomic E-state index is 13.4. The SMILES string of the molecule is CCc1ccccc1NC(=O)CSc1nccn1-c1cccc(F)c1.